The Morgan fingerprint density at radius 2 is 2.05 bits per heavy atom. The number of esters is 1. The van der Waals surface area contributed by atoms with Crippen LogP contribution in [0.1, 0.15) is 36.7 Å². The predicted molar refractivity (Wildman–Crippen MR) is 80.6 cm³/mol. The van der Waals surface area contributed by atoms with E-state index in [1.807, 2.05) is 4.90 Å². The van der Waals surface area contributed by atoms with Crippen molar-refractivity contribution in [3.8, 4) is 0 Å². The van der Waals surface area contributed by atoms with Crippen molar-refractivity contribution < 1.29 is 18.7 Å². The van der Waals surface area contributed by atoms with E-state index in [1.54, 1.807) is 29.9 Å². The summed E-state index contributed by atoms with van der Waals surface area (Å²) in [5.74, 6) is -0.399. The summed E-state index contributed by atoms with van der Waals surface area (Å²) in [5.41, 5.74) is 1.70. The van der Waals surface area contributed by atoms with E-state index in [2.05, 4.69) is 0 Å². The number of hydrogen-bond donors (Lipinski definition) is 0. The van der Waals surface area contributed by atoms with E-state index in [1.165, 1.54) is 6.42 Å². The maximum absolute atomic E-state index is 12.5. The first kappa shape index (κ1) is 14.7. The molecule has 3 rings (SSSR count). The highest BCUT2D eigenvalue weighted by atomic mass is 16.5. The highest BCUT2D eigenvalue weighted by Gasteiger charge is 2.23. The molecule has 6 heteroatoms. The van der Waals surface area contributed by atoms with Crippen LogP contribution < -0.4 is 0 Å². The molecule has 0 bridgehead atoms. The van der Waals surface area contributed by atoms with Crippen LogP contribution in [0.3, 0.4) is 0 Å². The first-order valence-electron chi connectivity index (χ1n) is 7.72. The molecule has 1 fully saturated rings. The molecule has 2 aromatic rings. The number of fused-ring (bicyclic) bond motifs is 1. The quantitative estimate of drug-likeness (QED) is 0.814. The van der Waals surface area contributed by atoms with Gasteiger partial charge < -0.3 is 18.6 Å². The Bertz CT molecular complexity index is 679. The number of carbonyl (C=O) groups excluding carboxylic acids is 2. The number of hydrogen-bond acceptors (Lipinski definition) is 4. The van der Waals surface area contributed by atoms with Gasteiger partial charge in [0.1, 0.15) is 12.2 Å². The highest BCUT2D eigenvalue weighted by Crippen LogP contribution is 2.22. The van der Waals surface area contributed by atoms with Gasteiger partial charge in [0, 0.05) is 25.2 Å². The fourth-order valence-corrected chi connectivity index (χ4v) is 2.90. The maximum atomic E-state index is 12.5. The molecule has 0 unspecified atom stereocenters. The van der Waals surface area contributed by atoms with Gasteiger partial charge in [0.05, 0.1) is 18.4 Å². The van der Waals surface area contributed by atoms with E-state index in [4.69, 9.17) is 9.15 Å². The molecule has 0 aromatic carbocycles. The fourth-order valence-electron chi connectivity index (χ4n) is 2.90. The minimum Gasteiger partial charge on any atom is -0.463 e. The maximum Gasteiger partial charge on any atom is 0.355 e. The summed E-state index contributed by atoms with van der Waals surface area (Å²) in [7, 11) is 0. The zero-order valence-corrected chi connectivity index (χ0v) is 12.7. The average Bonchev–Trinajstić information content (AvgIpc) is 3.11. The number of likely N-dealkylation sites (tertiary alicyclic amines) is 1. The third-order valence-electron chi connectivity index (χ3n) is 4.01. The molecule has 22 heavy (non-hydrogen) atoms. The van der Waals surface area contributed by atoms with Gasteiger partial charge in [0.2, 0.25) is 5.91 Å². The molecular weight excluding hydrogens is 284 g/mol. The summed E-state index contributed by atoms with van der Waals surface area (Å²) in [5, 5.41) is 0. The van der Waals surface area contributed by atoms with Gasteiger partial charge in [-0.15, -0.1) is 0 Å². The van der Waals surface area contributed by atoms with Crippen molar-refractivity contribution in [2.24, 2.45) is 0 Å². The molecule has 0 atom stereocenters. The van der Waals surface area contributed by atoms with Crippen LogP contribution in [0, 0.1) is 0 Å². The number of rotatable bonds is 4. The van der Waals surface area contributed by atoms with Crippen molar-refractivity contribution in [1.82, 2.24) is 9.47 Å². The van der Waals surface area contributed by atoms with Gasteiger partial charge in [-0.2, -0.15) is 0 Å². The van der Waals surface area contributed by atoms with Crippen LogP contribution in [0.4, 0.5) is 0 Å². The van der Waals surface area contributed by atoms with Gasteiger partial charge in [-0.3, -0.25) is 4.79 Å². The monoisotopic (exact) mass is 304 g/mol. The predicted octanol–water partition coefficient (Wildman–Crippen LogP) is 2.42. The van der Waals surface area contributed by atoms with E-state index in [9.17, 15) is 9.59 Å². The number of furan rings is 1. The van der Waals surface area contributed by atoms with Crippen LogP contribution in [0.25, 0.3) is 11.1 Å². The van der Waals surface area contributed by atoms with E-state index in [0.717, 1.165) is 31.4 Å². The number of aromatic nitrogens is 1. The van der Waals surface area contributed by atoms with Crippen LogP contribution in [0.2, 0.25) is 0 Å². The molecule has 0 aliphatic carbocycles. The van der Waals surface area contributed by atoms with Crippen LogP contribution in [0.5, 0.6) is 0 Å². The fraction of sp³-hybridized carbons (Fsp3) is 0.500. The average molecular weight is 304 g/mol. The number of carbonyl (C=O) groups is 2. The van der Waals surface area contributed by atoms with Crippen molar-refractivity contribution >= 4 is 23.0 Å². The third-order valence-corrected chi connectivity index (χ3v) is 4.01. The normalized spacial score (nSPS) is 15.2. The van der Waals surface area contributed by atoms with Crippen molar-refractivity contribution in [2.45, 2.75) is 32.7 Å². The molecule has 1 saturated heterocycles. The van der Waals surface area contributed by atoms with Gasteiger partial charge in [-0.05, 0) is 26.2 Å². The zero-order valence-electron chi connectivity index (χ0n) is 12.7. The van der Waals surface area contributed by atoms with Crippen molar-refractivity contribution in [2.75, 3.05) is 19.7 Å². The minimum atomic E-state index is -0.430. The van der Waals surface area contributed by atoms with Crippen LogP contribution in [-0.4, -0.2) is 41.0 Å². The largest absolute Gasteiger partial charge is 0.463 e. The number of ether oxygens (including phenoxy) is 1. The van der Waals surface area contributed by atoms with E-state index >= 15 is 0 Å². The van der Waals surface area contributed by atoms with E-state index < -0.39 is 5.97 Å². The lowest BCUT2D eigenvalue weighted by atomic mass is 10.1. The smallest absolute Gasteiger partial charge is 0.355 e. The van der Waals surface area contributed by atoms with Crippen molar-refractivity contribution in [3.05, 3.63) is 24.1 Å². The highest BCUT2D eigenvalue weighted by molar-refractivity contribution is 5.95. The van der Waals surface area contributed by atoms with Gasteiger partial charge in [-0.25, -0.2) is 4.79 Å². The second-order valence-corrected chi connectivity index (χ2v) is 5.45. The minimum absolute atomic E-state index is 0.0314. The summed E-state index contributed by atoms with van der Waals surface area (Å²) in [6.07, 6.45) is 4.82. The summed E-state index contributed by atoms with van der Waals surface area (Å²) in [4.78, 5) is 26.4. The molecule has 0 radical (unpaired) electrons. The topological polar surface area (TPSA) is 64.7 Å². The molecule has 6 nitrogen and oxygen atoms in total. The Kier molecular flexibility index (Phi) is 4.18. The number of nitrogens with zero attached hydrogens (tertiary/aromatic N) is 2. The first-order chi connectivity index (χ1) is 10.7. The zero-order chi connectivity index (χ0) is 15.5. The third kappa shape index (κ3) is 2.73. The molecule has 1 amide bonds. The summed E-state index contributed by atoms with van der Waals surface area (Å²) in [6.45, 7) is 3.78. The van der Waals surface area contributed by atoms with Crippen LogP contribution >= 0.6 is 0 Å². The molecule has 0 saturated carbocycles. The van der Waals surface area contributed by atoms with Crippen molar-refractivity contribution in [3.63, 3.8) is 0 Å². The van der Waals surface area contributed by atoms with Gasteiger partial charge in [0.25, 0.3) is 0 Å². The molecule has 2 aromatic heterocycles. The summed E-state index contributed by atoms with van der Waals surface area (Å²) >= 11 is 0. The standard InChI is InChI=1S/C16H20N2O4/c1-2-21-16(20)13-10-14-12(6-9-22-14)18(13)11-15(19)17-7-4-3-5-8-17/h6,9-10H,2-5,7-8,11H2,1H3. The van der Waals surface area contributed by atoms with Crippen LogP contribution in [0.15, 0.2) is 22.8 Å². The SMILES string of the molecule is CCOC(=O)c1cc2occc2n1CC(=O)N1CCCCC1. The molecule has 1 aliphatic rings. The molecule has 3 heterocycles. The van der Waals surface area contributed by atoms with E-state index in [0.29, 0.717) is 17.9 Å². The number of amides is 1. The lowest BCUT2D eigenvalue weighted by Crippen LogP contribution is -2.38. The second kappa shape index (κ2) is 6.25. The molecule has 0 N–H and O–H groups in total. The summed E-state index contributed by atoms with van der Waals surface area (Å²) in [6, 6.07) is 3.40. The molecule has 118 valence electrons. The Balaban J connectivity index is 1.87. The molecular formula is C16H20N2O4. The summed E-state index contributed by atoms with van der Waals surface area (Å²) < 4.78 is 12.1. The Hall–Kier alpha value is -2.24. The molecule has 1 aliphatic heterocycles. The molecule has 0 spiro atoms. The number of piperidine rings is 1. The van der Waals surface area contributed by atoms with Crippen LogP contribution in [-0.2, 0) is 16.1 Å². The Labute approximate surface area is 128 Å². The lowest BCUT2D eigenvalue weighted by Gasteiger charge is -2.27. The van der Waals surface area contributed by atoms with E-state index in [-0.39, 0.29) is 12.5 Å². The van der Waals surface area contributed by atoms with Gasteiger partial charge >= 0.3 is 5.97 Å². The first-order valence-corrected chi connectivity index (χ1v) is 7.72. The Morgan fingerprint density at radius 1 is 1.27 bits per heavy atom. The van der Waals surface area contributed by atoms with Crippen molar-refractivity contribution in [1.29, 1.82) is 0 Å². The van der Waals surface area contributed by atoms with Gasteiger partial charge in [0.15, 0.2) is 5.58 Å². The lowest BCUT2D eigenvalue weighted by molar-refractivity contribution is -0.132. The Morgan fingerprint density at radius 3 is 2.77 bits per heavy atom. The van der Waals surface area contributed by atoms with Gasteiger partial charge in [-0.1, -0.05) is 0 Å². The second-order valence-electron chi connectivity index (χ2n) is 5.45.